The van der Waals surface area contributed by atoms with E-state index in [-0.39, 0.29) is 11.9 Å². The van der Waals surface area contributed by atoms with Gasteiger partial charge in [-0.05, 0) is 6.42 Å². The number of hydrogen-bond acceptors (Lipinski definition) is 4. The lowest BCUT2D eigenvalue weighted by molar-refractivity contribution is -0.742. The molecule has 18 heavy (non-hydrogen) atoms. The highest BCUT2D eigenvalue weighted by molar-refractivity contribution is 5.94. The molecule has 0 atom stereocenters. The third-order valence-electron chi connectivity index (χ3n) is 2.07. The van der Waals surface area contributed by atoms with Crippen LogP contribution in [-0.2, 0) is 0 Å². The van der Waals surface area contributed by atoms with E-state index < -0.39 is 5.09 Å². The second-order valence-electron chi connectivity index (χ2n) is 3.57. The molecule has 0 fully saturated rings. The third kappa shape index (κ3) is 13.9. The van der Waals surface area contributed by atoms with Gasteiger partial charge in [-0.15, -0.1) is 10.1 Å². The Bertz CT molecular complexity index is 253. The molecule has 0 radical (unpaired) electrons. The molecule has 0 aromatic heterocycles. The predicted octanol–water partition coefficient (Wildman–Crippen LogP) is 0.698. The molecule has 0 aliphatic heterocycles. The summed E-state index contributed by atoms with van der Waals surface area (Å²) in [4.78, 5) is 9.67. The van der Waals surface area contributed by atoms with Crippen molar-refractivity contribution in [2.75, 3.05) is 6.54 Å². The van der Waals surface area contributed by atoms with Crippen molar-refractivity contribution in [3.63, 3.8) is 0 Å². The first-order valence-electron chi connectivity index (χ1n) is 5.61. The summed E-state index contributed by atoms with van der Waals surface area (Å²) in [5.74, 6) is -0.291. The fourth-order valence-electron chi connectivity index (χ4n) is 1.24. The fraction of sp³-hybridized carbons (Fsp3) is 0.778. The summed E-state index contributed by atoms with van der Waals surface area (Å²) in [6.45, 7) is 2.74. The molecule has 0 aromatic rings. The molecule has 0 bridgehead atoms. The first-order valence-corrected chi connectivity index (χ1v) is 5.61. The average Bonchev–Trinajstić information content (AvgIpc) is 2.21. The van der Waals surface area contributed by atoms with Crippen LogP contribution < -0.4 is 11.5 Å². The van der Waals surface area contributed by atoms with Crippen molar-refractivity contribution in [1.29, 1.82) is 10.8 Å². The van der Waals surface area contributed by atoms with E-state index in [2.05, 4.69) is 6.92 Å². The van der Waals surface area contributed by atoms with Crippen LogP contribution >= 0.6 is 0 Å². The summed E-state index contributed by atoms with van der Waals surface area (Å²) in [5, 5.41) is 28.0. The number of rotatable bonds is 6. The van der Waals surface area contributed by atoms with Gasteiger partial charge in [0.1, 0.15) is 0 Å². The van der Waals surface area contributed by atoms with Crippen LogP contribution in [0.4, 0.5) is 0 Å². The zero-order chi connectivity index (χ0) is 14.6. The zero-order valence-corrected chi connectivity index (χ0v) is 10.6. The van der Waals surface area contributed by atoms with Crippen LogP contribution in [-0.4, -0.2) is 33.7 Å². The summed E-state index contributed by atoms with van der Waals surface area (Å²) >= 11 is 0. The van der Waals surface area contributed by atoms with Gasteiger partial charge in [-0.3, -0.25) is 15.7 Å². The summed E-state index contributed by atoms with van der Waals surface area (Å²) in [5.41, 5.74) is 10.5. The Balaban J connectivity index is 0. The highest BCUT2D eigenvalue weighted by atomic mass is 16.9. The van der Waals surface area contributed by atoms with E-state index in [4.69, 9.17) is 37.6 Å². The number of nitrogens with one attached hydrogen (secondary N) is 2. The van der Waals surface area contributed by atoms with Crippen molar-refractivity contribution in [2.24, 2.45) is 11.5 Å². The maximum atomic E-state index is 8.36. The van der Waals surface area contributed by atoms with Gasteiger partial charge in [0.2, 0.25) is 0 Å². The molecule has 0 aliphatic rings. The Morgan fingerprint density at radius 2 is 1.61 bits per heavy atom. The molecule has 9 heteroatoms. The van der Waals surface area contributed by atoms with Crippen molar-refractivity contribution in [2.45, 2.75) is 39.0 Å². The van der Waals surface area contributed by atoms with E-state index in [9.17, 15) is 0 Å². The molecule has 0 saturated carbocycles. The van der Waals surface area contributed by atoms with Gasteiger partial charge >= 0.3 is 0 Å². The molecule has 0 aliphatic carbocycles. The standard InChI is InChI=1S/C9H21N5.HNO3/c1-2-3-4-5-6-7-14(8(10)11)9(12)13;2-1(3)4/h2-7H2,1H3,(H3,10,11)(H3,12,13);(H,2,3,4). The highest BCUT2D eigenvalue weighted by Gasteiger charge is 2.08. The molecular formula is C9H22N6O3. The second kappa shape index (κ2) is 11.4. The molecule has 0 unspecified atom stereocenters. The normalized spacial score (nSPS) is 8.94. The van der Waals surface area contributed by atoms with Crippen LogP contribution in [0.3, 0.4) is 0 Å². The lowest BCUT2D eigenvalue weighted by Crippen LogP contribution is -2.45. The largest absolute Gasteiger partial charge is 0.370 e. The van der Waals surface area contributed by atoms with Crippen molar-refractivity contribution < 1.29 is 10.3 Å². The second-order valence-corrected chi connectivity index (χ2v) is 3.57. The van der Waals surface area contributed by atoms with Crippen LogP contribution in [0.25, 0.3) is 0 Å². The van der Waals surface area contributed by atoms with Gasteiger partial charge in [0.05, 0.1) is 0 Å². The van der Waals surface area contributed by atoms with Crippen molar-refractivity contribution >= 4 is 11.9 Å². The van der Waals surface area contributed by atoms with Gasteiger partial charge in [0.25, 0.3) is 5.09 Å². The van der Waals surface area contributed by atoms with Crippen LogP contribution in [0.15, 0.2) is 0 Å². The van der Waals surface area contributed by atoms with Gasteiger partial charge in [0.15, 0.2) is 11.9 Å². The average molecular weight is 262 g/mol. The third-order valence-corrected chi connectivity index (χ3v) is 2.07. The van der Waals surface area contributed by atoms with Crippen LogP contribution in [0, 0.1) is 20.9 Å². The maximum absolute atomic E-state index is 8.36. The maximum Gasteiger partial charge on any atom is 0.291 e. The predicted molar refractivity (Wildman–Crippen MR) is 68.1 cm³/mol. The highest BCUT2D eigenvalue weighted by Crippen LogP contribution is 2.03. The molecule has 9 nitrogen and oxygen atoms in total. The molecule has 0 spiro atoms. The first kappa shape index (κ1) is 18.3. The first-order chi connectivity index (χ1) is 8.32. The zero-order valence-electron chi connectivity index (χ0n) is 10.6. The fourth-order valence-corrected chi connectivity index (χ4v) is 1.24. The summed E-state index contributed by atoms with van der Waals surface area (Å²) in [6.07, 6.45) is 5.67. The van der Waals surface area contributed by atoms with Gasteiger partial charge in [-0.25, -0.2) is 0 Å². The lowest BCUT2D eigenvalue weighted by atomic mass is 10.1. The molecule has 7 N–H and O–H groups in total. The molecule has 106 valence electrons. The minimum Gasteiger partial charge on any atom is -0.370 e. The SMILES string of the molecule is CCCCCCCN(C(=N)N)C(=N)N.O=[N+]([O-])O. The van der Waals surface area contributed by atoms with Crippen LogP contribution in [0.5, 0.6) is 0 Å². The number of guanidine groups is 2. The van der Waals surface area contributed by atoms with Crippen molar-refractivity contribution in [3.8, 4) is 0 Å². The topological polar surface area (TPSA) is 166 Å². The van der Waals surface area contributed by atoms with Crippen molar-refractivity contribution in [3.05, 3.63) is 10.1 Å². The minimum atomic E-state index is -1.50. The molecule has 0 aromatic carbocycles. The van der Waals surface area contributed by atoms with E-state index in [0.29, 0.717) is 6.54 Å². The Hall–Kier alpha value is -2.06. The quantitative estimate of drug-likeness (QED) is 0.155. The number of nitrogens with zero attached hydrogens (tertiary/aromatic N) is 2. The Kier molecular flexibility index (Phi) is 11.6. The number of hydrogen-bond donors (Lipinski definition) is 5. The van der Waals surface area contributed by atoms with E-state index in [1.807, 2.05) is 0 Å². The van der Waals surface area contributed by atoms with Gasteiger partial charge < -0.3 is 16.7 Å². The molecular weight excluding hydrogens is 240 g/mol. The minimum absolute atomic E-state index is 0.145. The van der Waals surface area contributed by atoms with E-state index in [1.54, 1.807) is 0 Å². The summed E-state index contributed by atoms with van der Waals surface area (Å²) in [6, 6.07) is 0. The van der Waals surface area contributed by atoms with Crippen LogP contribution in [0.1, 0.15) is 39.0 Å². The van der Waals surface area contributed by atoms with E-state index in [0.717, 1.165) is 12.8 Å². The Morgan fingerprint density at radius 1 is 1.22 bits per heavy atom. The summed E-state index contributed by atoms with van der Waals surface area (Å²) < 4.78 is 0. The summed E-state index contributed by atoms with van der Waals surface area (Å²) in [7, 11) is 0. The molecule has 0 heterocycles. The van der Waals surface area contributed by atoms with E-state index in [1.165, 1.54) is 24.2 Å². The van der Waals surface area contributed by atoms with Gasteiger partial charge in [0, 0.05) is 6.54 Å². The lowest BCUT2D eigenvalue weighted by Gasteiger charge is -2.19. The van der Waals surface area contributed by atoms with Crippen molar-refractivity contribution in [1.82, 2.24) is 4.90 Å². The van der Waals surface area contributed by atoms with Gasteiger partial charge in [-0.1, -0.05) is 32.6 Å². The molecule has 0 rings (SSSR count). The Morgan fingerprint density at radius 3 is 1.94 bits per heavy atom. The molecule has 0 saturated heterocycles. The number of nitrogens with two attached hydrogens (primary N) is 2. The number of unbranched alkanes of at least 4 members (excludes halogenated alkanes) is 4. The monoisotopic (exact) mass is 262 g/mol. The smallest absolute Gasteiger partial charge is 0.291 e. The molecule has 0 amide bonds. The van der Waals surface area contributed by atoms with Gasteiger partial charge in [-0.2, -0.15) is 0 Å². The van der Waals surface area contributed by atoms with E-state index >= 15 is 0 Å². The Labute approximate surface area is 106 Å². The van der Waals surface area contributed by atoms with Crippen LogP contribution in [0.2, 0.25) is 0 Å².